The van der Waals surface area contributed by atoms with Crippen LogP contribution in [0.5, 0.6) is 0 Å². The molecule has 0 amide bonds. The first-order valence-corrected chi connectivity index (χ1v) is 8.48. The summed E-state index contributed by atoms with van der Waals surface area (Å²) >= 11 is 0. The van der Waals surface area contributed by atoms with Crippen molar-refractivity contribution in [3.63, 3.8) is 0 Å². The van der Waals surface area contributed by atoms with Crippen molar-refractivity contribution in [1.82, 2.24) is 10.0 Å². The Morgan fingerprint density at radius 1 is 1.25 bits per heavy atom. The number of rotatable bonds is 5. The van der Waals surface area contributed by atoms with Crippen molar-refractivity contribution in [2.45, 2.75) is 17.7 Å². The van der Waals surface area contributed by atoms with Crippen molar-refractivity contribution >= 4 is 15.7 Å². The van der Waals surface area contributed by atoms with E-state index < -0.39 is 10.0 Å². The molecule has 1 heterocycles. The lowest BCUT2D eigenvalue weighted by Gasteiger charge is -2.34. The van der Waals surface area contributed by atoms with Gasteiger partial charge in [-0.3, -0.25) is 0 Å². The molecule has 5 nitrogen and oxygen atoms in total. The highest BCUT2D eigenvalue weighted by atomic mass is 32.2. The van der Waals surface area contributed by atoms with Gasteiger partial charge in [0.1, 0.15) is 0 Å². The molecule has 0 bridgehead atoms. The van der Waals surface area contributed by atoms with E-state index in [4.69, 9.17) is 0 Å². The minimum Gasteiger partial charge on any atom is -0.371 e. The van der Waals surface area contributed by atoms with Crippen LogP contribution in [0.1, 0.15) is 12.8 Å². The highest BCUT2D eigenvalue weighted by molar-refractivity contribution is 7.89. The Morgan fingerprint density at radius 2 is 1.95 bits per heavy atom. The standard InChI is InChI=1S/C14H23N3O2S/c1-15-10-12-4-3-9-17(11-12)13-5-7-14(8-6-13)20(18,19)16-2/h5-8,12,15-16H,3-4,9-11H2,1-2H3. The van der Waals surface area contributed by atoms with E-state index >= 15 is 0 Å². The van der Waals surface area contributed by atoms with Gasteiger partial charge in [0.2, 0.25) is 10.0 Å². The molecule has 1 aromatic carbocycles. The number of nitrogens with zero attached hydrogens (tertiary/aromatic N) is 1. The number of benzene rings is 1. The van der Waals surface area contributed by atoms with E-state index in [0.29, 0.717) is 10.8 Å². The van der Waals surface area contributed by atoms with E-state index in [1.54, 1.807) is 12.1 Å². The van der Waals surface area contributed by atoms with E-state index in [1.165, 1.54) is 19.9 Å². The van der Waals surface area contributed by atoms with Crippen LogP contribution in [0, 0.1) is 5.92 Å². The van der Waals surface area contributed by atoms with Gasteiger partial charge in [-0.15, -0.1) is 0 Å². The van der Waals surface area contributed by atoms with Crippen LogP contribution in [0.15, 0.2) is 29.2 Å². The molecule has 0 saturated carbocycles. The monoisotopic (exact) mass is 297 g/mol. The van der Waals surface area contributed by atoms with Crippen LogP contribution in [0.3, 0.4) is 0 Å². The average molecular weight is 297 g/mol. The SMILES string of the molecule is CNCC1CCCN(c2ccc(S(=O)(=O)NC)cc2)C1. The second kappa shape index (κ2) is 6.56. The van der Waals surface area contributed by atoms with Gasteiger partial charge in [0.05, 0.1) is 4.90 Å². The van der Waals surface area contributed by atoms with E-state index in [2.05, 4.69) is 14.9 Å². The molecule has 20 heavy (non-hydrogen) atoms. The lowest BCUT2D eigenvalue weighted by Crippen LogP contribution is -2.39. The molecule has 1 fully saturated rings. The third-order valence-corrected chi connectivity index (χ3v) is 5.22. The van der Waals surface area contributed by atoms with Gasteiger partial charge in [-0.2, -0.15) is 0 Å². The lowest BCUT2D eigenvalue weighted by atomic mass is 9.97. The summed E-state index contributed by atoms with van der Waals surface area (Å²) in [6.07, 6.45) is 2.44. The van der Waals surface area contributed by atoms with Gasteiger partial charge in [0, 0.05) is 18.8 Å². The molecule has 0 spiro atoms. The molecule has 1 atom stereocenters. The van der Waals surface area contributed by atoms with Gasteiger partial charge >= 0.3 is 0 Å². The van der Waals surface area contributed by atoms with E-state index in [-0.39, 0.29) is 0 Å². The minimum atomic E-state index is -3.34. The van der Waals surface area contributed by atoms with Gasteiger partial charge in [0.15, 0.2) is 0 Å². The zero-order valence-electron chi connectivity index (χ0n) is 12.1. The zero-order chi connectivity index (χ0) is 14.6. The minimum absolute atomic E-state index is 0.313. The van der Waals surface area contributed by atoms with Gasteiger partial charge in [-0.1, -0.05) is 0 Å². The second-order valence-corrected chi connectivity index (χ2v) is 7.10. The van der Waals surface area contributed by atoms with Crippen LogP contribution in [0.2, 0.25) is 0 Å². The first kappa shape index (κ1) is 15.3. The first-order chi connectivity index (χ1) is 9.56. The van der Waals surface area contributed by atoms with E-state index in [9.17, 15) is 8.42 Å². The van der Waals surface area contributed by atoms with Crippen molar-refractivity contribution in [3.05, 3.63) is 24.3 Å². The smallest absolute Gasteiger partial charge is 0.240 e. The quantitative estimate of drug-likeness (QED) is 0.852. The Labute approximate surface area is 121 Å². The number of sulfonamides is 1. The van der Waals surface area contributed by atoms with Crippen molar-refractivity contribution in [2.24, 2.45) is 5.92 Å². The summed E-state index contributed by atoms with van der Waals surface area (Å²) < 4.78 is 25.7. The maximum absolute atomic E-state index is 11.7. The molecule has 1 aliphatic heterocycles. The largest absolute Gasteiger partial charge is 0.371 e. The van der Waals surface area contributed by atoms with Crippen molar-refractivity contribution in [2.75, 3.05) is 38.6 Å². The Hall–Kier alpha value is -1.11. The summed E-state index contributed by atoms with van der Waals surface area (Å²) in [5.41, 5.74) is 1.10. The van der Waals surface area contributed by atoms with Crippen molar-refractivity contribution < 1.29 is 8.42 Å². The average Bonchev–Trinajstić information content (AvgIpc) is 2.48. The van der Waals surface area contributed by atoms with Gasteiger partial charge in [-0.05, 0) is 63.7 Å². The molecule has 0 aromatic heterocycles. The van der Waals surface area contributed by atoms with Gasteiger partial charge < -0.3 is 10.2 Å². The molecular formula is C14H23N3O2S. The maximum atomic E-state index is 11.7. The Balaban J connectivity index is 2.10. The first-order valence-electron chi connectivity index (χ1n) is 7.00. The molecular weight excluding hydrogens is 274 g/mol. The fourth-order valence-electron chi connectivity index (χ4n) is 2.71. The van der Waals surface area contributed by atoms with Gasteiger partial charge in [-0.25, -0.2) is 13.1 Å². The summed E-state index contributed by atoms with van der Waals surface area (Å²) in [5.74, 6) is 0.662. The predicted octanol–water partition coefficient (Wildman–Crippen LogP) is 1.03. The summed E-state index contributed by atoms with van der Waals surface area (Å²) in [6.45, 7) is 3.10. The molecule has 0 aliphatic carbocycles. The lowest BCUT2D eigenvalue weighted by molar-refractivity contribution is 0.403. The van der Waals surface area contributed by atoms with Crippen LogP contribution in [0.25, 0.3) is 0 Å². The maximum Gasteiger partial charge on any atom is 0.240 e. The Morgan fingerprint density at radius 3 is 2.55 bits per heavy atom. The highest BCUT2D eigenvalue weighted by Crippen LogP contribution is 2.24. The summed E-state index contributed by atoms with van der Waals surface area (Å²) in [6, 6.07) is 7.13. The summed E-state index contributed by atoms with van der Waals surface area (Å²) in [7, 11) is 0.0657. The molecule has 1 aromatic rings. The van der Waals surface area contributed by atoms with E-state index in [1.807, 2.05) is 19.2 Å². The van der Waals surface area contributed by atoms with Crippen LogP contribution in [-0.4, -0.2) is 42.1 Å². The van der Waals surface area contributed by atoms with Crippen LogP contribution in [0.4, 0.5) is 5.69 Å². The van der Waals surface area contributed by atoms with Crippen molar-refractivity contribution in [1.29, 1.82) is 0 Å². The number of hydrogen-bond donors (Lipinski definition) is 2. The Kier molecular flexibility index (Phi) is 5.01. The summed E-state index contributed by atoms with van der Waals surface area (Å²) in [4.78, 5) is 2.65. The molecule has 1 aliphatic rings. The number of hydrogen-bond acceptors (Lipinski definition) is 4. The molecule has 0 radical (unpaired) electrons. The second-order valence-electron chi connectivity index (χ2n) is 5.21. The number of piperidine rings is 1. The zero-order valence-corrected chi connectivity index (χ0v) is 12.9. The highest BCUT2D eigenvalue weighted by Gasteiger charge is 2.20. The van der Waals surface area contributed by atoms with Crippen molar-refractivity contribution in [3.8, 4) is 0 Å². The summed E-state index contributed by atoms with van der Waals surface area (Å²) in [5, 5.41) is 3.23. The predicted molar refractivity (Wildman–Crippen MR) is 81.6 cm³/mol. The van der Waals surface area contributed by atoms with Crippen LogP contribution >= 0.6 is 0 Å². The third-order valence-electron chi connectivity index (χ3n) is 3.79. The fraction of sp³-hybridized carbons (Fsp3) is 0.571. The third kappa shape index (κ3) is 3.50. The fourth-order valence-corrected chi connectivity index (χ4v) is 3.44. The molecule has 112 valence electrons. The normalized spacial score (nSPS) is 20.1. The Bertz CT molecular complexity index is 526. The molecule has 6 heteroatoms. The van der Waals surface area contributed by atoms with Gasteiger partial charge in [0.25, 0.3) is 0 Å². The number of anilines is 1. The molecule has 1 saturated heterocycles. The molecule has 2 rings (SSSR count). The molecule has 2 N–H and O–H groups in total. The van der Waals surface area contributed by atoms with E-state index in [0.717, 1.165) is 25.3 Å². The molecule has 1 unspecified atom stereocenters. The van der Waals surface area contributed by atoms with Crippen LogP contribution < -0.4 is 14.9 Å². The van der Waals surface area contributed by atoms with Crippen LogP contribution in [-0.2, 0) is 10.0 Å². The topological polar surface area (TPSA) is 61.4 Å². The number of nitrogens with one attached hydrogen (secondary N) is 2.